The van der Waals surface area contributed by atoms with Gasteiger partial charge in [-0.3, -0.25) is 4.79 Å². The maximum atomic E-state index is 12.3. The summed E-state index contributed by atoms with van der Waals surface area (Å²) < 4.78 is 0. The third kappa shape index (κ3) is 4.76. The highest BCUT2D eigenvalue weighted by Crippen LogP contribution is 2.42. The predicted molar refractivity (Wildman–Crippen MR) is 83.5 cm³/mol. The Kier molecular flexibility index (Phi) is 5.11. The van der Waals surface area contributed by atoms with E-state index < -0.39 is 0 Å². The molecule has 20 heavy (non-hydrogen) atoms. The first-order valence-corrected chi connectivity index (χ1v) is 8.37. The van der Waals surface area contributed by atoms with Gasteiger partial charge in [0.25, 0.3) is 0 Å². The minimum Gasteiger partial charge on any atom is -0.353 e. The molecule has 0 spiro atoms. The van der Waals surface area contributed by atoms with Gasteiger partial charge >= 0.3 is 0 Å². The fourth-order valence-corrected chi connectivity index (χ4v) is 4.51. The molecule has 1 saturated heterocycles. The van der Waals surface area contributed by atoms with Gasteiger partial charge in [-0.05, 0) is 62.8 Å². The van der Waals surface area contributed by atoms with Gasteiger partial charge in [0.05, 0.1) is 0 Å². The third-order valence-corrected chi connectivity index (χ3v) is 4.94. The molecule has 2 rings (SSSR count). The summed E-state index contributed by atoms with van der Waals surface area (Å²) in [6.07, 6.45) is 6.59. The molecule has 4 atom stereocenters. The first-order chi connectivity index (χ1) is 9.34. The maximum Gasteiger partial charge on any atom is 0.220 e. The molecule has 3 nitrogen and oxygen atoms in total. The van der Waals surface area contributed by atoms with Crippen molar-refractivity contribution in [1.29, 1.82) is 0 Å². The number of hydrogen-bond donors (Lipinski definition) is 2. The van der Waals surface area contributed by atoms with Gasteiger partial charge in [-0.15, -0.1) is 0 Å². The summed E-state index contributed by atoms with van der Waals surface area (Å²) in [6.45, 7) is 10.3. The van der Waals surface area contributed by atoms with E-state index in [0.717, 1.165) is 31.7 Å². The summed E-state index contributed by atoms with van der Waals surface area (Å²) in [5, 5.41) is 6.69. The van der Waals surface area contributed by atoms with Crippen molar-refractivity contribution in [1.82, 2.24) is 10.6 Å². The number of carbonyl (C=O) groups excluding carboxylic acids is 1. The van der Waals surface area contributed by atoms with Crippen molar-refractivity contribution in [3.05, 3.63) is 0 Å². The van der Waals surface area contributed by atoms with Gasteiger partial charge in [0.15, 0.2) is 0 Å². The summed E-state index contributed by atoms with van der Waals surface area (Å²) in [5.74, 6) is 1.61. The molecular formula is C17H32N2O. The van der Waals surface area contributed by atoms with E-state index in [4.69, 9.17) is 0 Å². The number of amides is 1. The van der Waals surface area contributed by atoms with Crippen LogP contribution in [0.5, 0.6) is 0 Å². The Morgan fingerprint density at radius 3 is 2.65 bits per heavy atom. The predicted octanol–water partition coefficient (Wildman–Crippen LogP) is 3.10. The van der Waals surface area contributed by atoms with E-state index in [0.29, 0.717) is 23.4 Å². The van der Waals surface area contributed by atoms with Gasteiger partial charge in [0.2, 0.25) is 5.91 Å². The second kappa shape index (κ2) is 6.46. The smallest absolute Gasteiger partial charge is 0.220 e. The lowest BCUT2D eigenvalue weighted by Crippen LogP contribution is -2.47. The standard InChI is InChI=1S/C17H32N2O/c1-12-7-14(11-17(3,4)10-12)9-16(20)19-15-5-6-18-13(2)8-15/h12-15,18H,5-11H2,1-4H3,(H,19,20). The van der Waals surface area contributed by atoms with Crippen molar-refractivity contribution in [2.75, 3.05) is 6.54 Å². The Morgan fingerprint density at radius 2 is 2.00 bits per heavy atom. The highest BCUT2D eigenvalue weighted by atomic mass is 16.1. The van der Waals surface area contributed by atoms with Crippen LogP contribution >= 0.6 is 0 Å². The Hall–Kier alpha value is -0.570. The molecule has 1 aliphatic carbocycles. The Morgan fingerprint density at radius 1 is 1.25 bits per heavy atom. The van der Waals surface area contributed by atoms with Gasteiger partial charge in [-0.25, -0.2) is 0 Å². The van der Waals surface area contributed by atoms with Gasteiger partial charge in [-0.2, -0.15) is 0 Å². The van der Waals surface area contributed by atoms with Crippen molar-refractivity contribution in [3.8, 4) is 0 Å². The number of rotatable bonds is 3. The minimum atomic E-state index is 0.277. The van der Waals surface area contributed by atoms with E-state index in [-0.39, 0.29) is 5.91 Å². The lowest BCUT2D eigenvalue weighted by Gasteiger charge is -2.39. The average Bonchev–Trinajstić information content (AvgIpc) is 2.25. The highest BCUT2D eigenvalue weighted by molar-refractivity contribution is 5.76. The van der Waals surface area contributed by atoms with E-state index in [2.05, 4.69) is 38.3 Å². The van der Waals surface area contributed by atoms with Gasteiger partial charge < -0.3 is 10.6 Å². The molecular weight excluding hydrogens is 248 g/mol. The van der Waals surface area contributed by atoms with Crippen molar-refractivity contribution >= 4 is 5.91 Å². The molecule has 0 aromatic heterocycles. The van der Waals surface area contributed by atoms with Crippen LogP contribution in [-0.2, 0) is 4.79 Å². The second-order valence-electron chi connectivity index (χ2n) is 8.13. The van der Waals surface area contributed by atoms with Gasteiger partial charge in [0, 0.05) is 18.5 Å². The van der Waals surface area contributed by atoms with Gasteiger partial charge in [-0.1, -0.05) is 20.8 Å². The van der Waals surface area contributed by atoms with Crippen LogP contribution in [0.15, 0.2) is 0 Å². The van der Waals surface area contributed by atoms with E-state index >= 15 is 0 Å². The van der Waals surface area contributed by atoms with Crippen molar-refractivity contribution in [2.45, 2.75) is 78.3 Å². The van der Waals surface area contributed by atoms with Crippen molar-refractivity contribution < 1.29 is 4.79 Å². The van der Waals surface area contributed by atoms with Crippen LogP contribution in [-0.4, -0.2) is 24.5 Å². The summed E-state index contributed by atoms with van der Waals surface area (Å²) in [4.78, 5) is 12.3. The number of nitrogens with one attached hydrogen (secondary N) is 2. The zero-order chi connectivity index (χ0) is 14.8. The molecule has 0 radical (unpaired) electrons. The molecule has 3 heteroatoms. The van der Waals surface area contributed by atoms with Crippen LogP contribution in [0.25, 0.3) is 0 Å². The molecule has 1 aliphatic heterocycles. The lowest BCUT2D eigenvalue weighted by molar-refractivity contribution is -0.123. The summed E-state index contributed by atoms with van der Waals surface area (Å²) in [5.41, 5.74) is 0.409. The molecule has 2 fully saturated rings. The lowest BCUT2D eigenvalue weighted by atomic mass is 9.67. The van der Waals surface area contributed by atoms with Gasteiger partial charge in [0.1, 0.15) is 0 Å². The van der Waals surface area contributed by atoms with E-state index in [9.17, 15) is 4.79 Å². The Bertz CT molecular complexity index is 340. The summed E-state index contributed by atoms with van der Waals surface area (Å²) in [6, 6.07) is 0.912. The topological polar surface area (TPSA) is 41.1 Å². The van der Waals surface area contributed by atoms with E-state index in [1.807, 2.05) is 0 Å². The molecule has 2 N–H and O–H groups in total. The van der Waals surface area contributed by atoms with Crippen LogP contribution < -0.4 is 10.6 Å². The van der Waals surface area contributed by atoms with Crippen molar-refractivity contribution in [3.63, 3.8) is 0 Å². The zero-order valence-electron chi connectivity index (χ0n) is 13.7. The fourth-order valence-electron chi connectivity index (χ4n) is 4.51. The molecule has 4 unspecified atom stereocenters. The first kappa shape index (κ1) is 15.8. The third-order valence-electron chi connectivity index (χ3n) is 4.94. The van der Waals surface area contributed by atoms with Crippen LogP contribution in [0.1, 0.15) is 66.2 Å². The number of piperidine rings is 1. The number of carbonyl (C=O) groups is 1. The van der Waals surface area contributed by atoms with Crippen LogP contribution in [0.2, 0.25) is 0 Å². The quantitative estimate of drug-likeness (QED) is 0.834. The van der Waals surface area contributed by atoms with Crippen LogP contribution in [0, 0.1) is 17.3 Å². The Balaban J connectivity index is 1.79. The monoisotopic (exact) mass is 280 g/mol. The summed E-state index contributed by atoms with van der Waals surface area (Å²) >= 11 is 0. The number of hydrogen-bond acceptors (Lipinski definition) is 2. The molecule has 1 saturated carbocycles. The normalized spacial score (nSPS) is 37.4. The summed E-state index contributed by atoms with van der Waals surface area (Å²) in [7, 11) is 0. The Labute approximate surface area is 124 Å². The van der Waals surface area contributed by atoms with Crippen molar-refractivity contribution in [2.24, 2.45) is 17.3 Å². The average molecular weight is 280 g/mol. The van der Waals surface area contributed by atoms with E-state index in [1.165, 1.54) is 19.3 Å². The van der Waals surface area contributed by atoms with Crippen LogP contribution in [0.3, 0.4) is 0 Å². The molecule has 1 heterocycles. The molecule has 1 amide bonds. The first-order valence-electron chi connectivity index (χ1n) is 8.37. The molecule has 0 aromatic carbocycles. The fraction of sp³-hybridized carbons (Fsp3) is 0.941. The maximum absolute atomic E-state index is 12.3. The highest BCUT2D eigenvalue weighted by Gasteiger charge is 2.33. The van der Waals surface area contributed by atoms with E-state index in [1.54, 1.807) is 0 Å². The molecule has 0 bridgehead atoms. The minimum absolute atomic E-state index is 0.277. The zero-order valence-corrected chi connectivity index (χ0v) is 13.7. The molecule has 0 aromatic rings. The van der Waals surface area contributed by atoms with Crippen LogP contribution in [0.4, 0.5) is 0 Å². The molecule has 2 aliphatic rings. The molecule has 116 valence electrons. The largest absolute Gasteiger partial charge is 0.353 e. The second-order valence-corrected chi connectivity index (χ2v) is 8.13. The SMILES string of the molecule is CC1CC(CC(=O)NC2CCNC(C)C2)CC(C)(C)C1.